The Balaban J connectivity index is 2.01. The minimum absolute atomic E-state index is 0.545. The van der Waals surface area contributed by atoms with Crippen LogP contribution in [0.25, 0.3) is 0 Å². The van der Waals surface area contributed by atoms with Crippen molar-refractivity contribution >= 4 is 0 Å². The predicted molar refractivity (Wildman–Crippen MR) is 58.9 cm³/mol. The highest BCUT2D eigenvalue weighted by atomic mass is 14.7. The van der Waals surface area contributed by atoms with Crippen LogP contribution in [0.4, 0.5) is 0 Å². The van der Waals surface area contributed by atoms with Crippen molar-refractivity contribution in [3.05, 3.63) is 0 Å². The molecule has 4 bridgehead atoms. The van der Waals surface area contributed by atoms with E-state index < -0.39 is 0 Å². The van der Waals surface area contributed by atoms with Crippen LogP contribution in [0, 0.1) is 22.2 Å². The molecule has 0 aromatic carbocycles. The number of nitrogens with two attached hydrogens (primary N) is 1. The molecule has 4 rings (SSSR count). The van der Waals surface area contributed by atoms with Gasteiger partial charge in [0.05, 0.1) is 0 Å². The summed E-state index contributed by atoms with van der Waals surface area (Å²) in [6, 6.07) is 0. The van der Waals surface area contributed by atoms with Crippen LogP contribution in [0.15, 0.2) is 0 Å². The Bertz CT molecular complexity index is 252. The molecule has 0 aromatic heterocycles. The summed E-state index contributed by atoms with van der Waals surface area (Å²) in [5.74, 6) is 1.00. The van der Waals surface area contributed by atoms with Crippen LogP contribution in [0.3, 0.4) is 0 Å². The van der Waals surface area contributed by atoms with Gasteiger partial charge in [-0.25, -0.2) is 0 Å². The first-order chi connectivity index (χ1) is 6.47. The van der Waals surface area contributed by atoms with Gasteiger partial charge in [-0.3, -0.25) is 0 Å². The SMILES string of the molecule is C[C@]12CC3CC(CN)(C1)C[C@](C)(C3)C2. The van der Waals surface area contributed by atoms with Crippen molar-refractivity contribution in [2.24, 2.45) is 27.9 Å². The Morgan fingerprint density at radius 2 is 1.57 bits per heavy atom. The minimum atomic E-state index is 0.545. The summed E-state index contributed by atoms with van der Waals surface area (Å²) < 4.78 is 0. The summed E-state index contributed by atoms with van der Waals surface area (Å²) >= 11 is 0. The lowest BCUT2D eigenvalue weighted by atomic mass is 9.40. The Morgan fingerprint density at radius 1 is 1.00 bits per heavy atom. The van der Waals surface area contributed by atoms with Crippen molar-refractivity contribution in [3.63, 3.8) is 0 Å². The van der Waals surface area contributed by atoms with Gasteiger partial charge in [0.1, 0.15) is 0 Å². The Morgan fingerprint density at radius 3 is 2.00 bits per heavy atom. The molecule has 0 radical (unpaired) electrons. The van der Waals surface area contributed by atoms with Gasteiger partial charge < -0.3 is 5.73 Å². The molecule has 0 aromatic rings. The maximum atomic E-state index is 6.05. The van der Waals surface area contributed by atoms with Gasteiger partial charge >= 0.3 is 0 Å². The molecule has 4 fully saturated rings. The second-order valence-corrected chi connectivity index (χ2v) is 7.33. The number of hydrogen-bond acceptors (Lipinski definition) is 1. The Labute approximate surface area is 87.4 Å². The fourth-order valence-electron chi connectivity index (χ4n) is 5.91. The molecule has 80 valence electrons. The minimum Gasteiger partial charge on any atom is -0.330 e. The van der Waals surface area contributed by atoms with E-state index in [4.69, 9.17) is 5.73 Å². The summed E-state index contributed by atoms with van der Waals surface area (Å²) in [7, 11) is 0. The lowest BCUT2D eigenvalue weighted by Crippen LogP contribution is -2.57. The molecule has 0 heterocycles. The van der Waals surface area contributed by atoms with Crippen LogP contribution in [0.5, 0.6) is 0 Å². The van der Waals surface area contributed by atoms with E-state index in [1.54, 1.807) is 0 Å². The van der Waals surface area contributed by atoms with Gasteiger partial charge in [-0.1, -0.05) is 13.8 Å². The first-order valence-electron chi connectivity index (χ1n) is 6.17. The van der Waals surface area contributed by atoms with Crippen molar-refractivity contribution < 1.29 is 0 Å². The van der Waals surface area contributed by atoms with Gasteiger partial charge in [-0.05, 0) is 67.2 Å². The molecule has 1 heteroatoms. The summed E-state index contributed by atoms with van der Waals surface area (Å²) in [5.41, 5.74) is 7.88. The van der Waals surface area contributed by atoms with Crippen LogP contribution < -0.4 is 5.73 Å². The third kappa shape index (κ3) is 1.11. The largest absolute Gasteiger partial charge is 0.330 e. The molecule has 0 spiro atoms. The first-order valence-corrected chi connectivity index (χ1v) is 6.17. The Hall–Kier alpha value is -0.0400. The summed E-state index contributed by atoms with van der Waals surface area (Å²) in [6.45, 7) is 5.97. The molecule has 14 heavy (non-hydrogen) atoms. The predicted octanol–water partition coefficient (Wildman–Crippen LogP) is 2.94. The molecule has 0 saturated heterocycles. The van der Waals surface area contributed by atoms with Gasteiger partial charge in [0.25, 0.3) is 0 Å². The molecule has 4 aliphatic rings. The second-order valence-electron chi connectivity index (χ2n) is 7.33. The third-order valence-electron chi connectivity index (χ3n) is 5.17. The molecule has 2 N–H and O–H groups in total. The highest BCUT2D eigenvalue weighted by molar-refractivity contribution is 5.10. The highest BCUT2D eigenvalue weighted by Gasteiger charge is 2.59. The van der Waals surface area contributed by atoms with Gasteiger partial charge in [0.2, 0.25) is 0 Å². The number of rotatable bonds is 1. The van der Waals surface area contributed by atoms with E-state index >= 15 is 0 Å². The first kappa shape index (κ1) is 9.21. The van der Waals surface area contributed by atoms with Crippen molar-refractivity contribution in [1.82, 2.24) is 0 Å². The van der Waals surface area contributed by atoms with E-state index in [0.717, 1.165) is 12.5 Å². The van der Waals surface area contributed by atoms with Crippen molar-refractivity contribution in [1.29, 1.82) is 0 Å². The monoisotopic (exact) mass is 193 g/mol. The standard InChI is InChI=1S/C13H23N/c1-11-3-10-4-12(2,6-11)8-13(5-10,7-11)9-14/h10H,3-9,14H2,1-2H3/t10?,11-,12-,13?/m1/s1. The highest BCUT2D eigenvalue weighted by Crippen LogP contribution is 2.69. The van der Waals surface area contributed by atoms with Crippen LogP contribution in [-0.2, 0) is 0 Å². The fraction of sp³-hybridized carbons (Fsp3) is 1.00. The van der Waals surface area contributed by atoms with E-state index in [0.29, 0.717) is 16.2 Å². The maximum absolute atomic E-state index is 6.05. The quantitative estimate of drug-likeness (QED) is 0.681. The summed E-state index contributed by atoms with van der Waals surface area (Å²) in [6.07, 6.45) is 8.73. The lowest BCUT2D eigenvalue weighted by molar-refractivity contribution is -0.140. The molecular formula is C13H23N. The van der Waals surface area contributed by atoms with Gasteiger partial charge in [-0.15, -0.1) is 0 Å². The van der Waals surface area contributed by atoms with Gasteiger partial charge in [-0.2, -0.15) is 0 Å². The molecule has 0 amide bonds. The van der Waals surface area contributed by atoms with Crippen LogP contribution in [0.1, 0.15) is 52.4 Å². The third-order valence-corrected chi connectivity index (χ3v) is 5.17. The molecule has 4 saturated carbocycles. The summed E-state index contributed by atoms with van der Waals surface area (Å²) in [4.78, 5) is 0. The zero-order valence-electron chi connectivity index (χ0n) is 9.60. The van der Waals surface area contributed by atoms with Crippen molar-refractivity contribution in [3.8, 4) is 0 Å². The zero-order valence-corrected chi connectivity index (χ0v) is 9.60. The van der Waals surface area contributed by atoms with Gasteiger partial charge in [0, 0.05) is 0 Å². The number of hydrogen-bond donors (Lipinski definition) is 1. The molecule has 0 aliphatic heterocycles. The lowest BCUT2D eigenvalue weighted by Gasteiger charge is -2.65. The smallest absolute Gasteiger partial charge is 0.00200 e. The maximum Gasteiger partial charge on any atom is -0.00200 e. The van der Waals surface area contributed by atoms with E-state index in [1.807, 2.05) is 0 Å². The van der Waals surface area contributed by atoms with E-state index in [2.05, 4.69) is 13.8 Å². The molecule has 1 nitrogen and oxygen atoms in total. The summed E-state index contributed by atoms with van der Waals surface area (Å²) in [5, 5.41) is 0. The molecule has 4 aliphatic carbocycles. The average Bonchev–Trinajstić information content (AvgIpc) is 1.97. The average molecular weight is 193 g/mol. The molecular weight excluding hydrogens is 170 g/mol. The van der Waals surface area contributed by atoms with Crippen molar-refractivity contribution in [2.45, 2.75) is 52.4 Å². The van der Waals surface area contributed by atoms with E-state index in [9.17, 15) is 0 Å². The second kappa shape index (κ2) is 2.37. The van der Waals surface area contributed by atoms with Crippen LogP contribution in [-0.4, -0.2) is 6.54 Å². The van der Waals surface area contributed by atoms with E-state index in [1.165, 1.54) is 38.5 Å². The fourth-order valence-corrected chi connectivity index (χ4v) is 5.91. The zero-order chi connectivity index (χ0) is 10.0. The van der Waals surface area contributed by atoms with Gasteiger partial charge in [0.15, 0.2) is 0 Å². The van der Waals surface area contributed by atoms with Crippen LogP contribution in [0.2, 0.25) is 0 Å². The molecule has 2 atom stereocenters. The normalized spacial score (nSPS) is 60.6. The Kier molecular flexibility index (Phi) is 1.56. The molecule has 0 unspecified atom stereocenters. The topological polar surface area (TPSA) is 26.0 Å². The van der Waals surface area contributed by atoms with E-state index in [-0.39, 0.29) is 0 Å². The van der Waals surface area contributed by atoms with Crippen LogP contribution >= 0.6 is 0 Å². The van der Waals surface area contributed by atoms with Crippen molar-refractivity contribution in [2.75, 3.05) is 6.54 Å².